The molecule has 0 saturated heterocycles. The molecule has 0 heterocycles. The molecule has 0 aliphatic heterocycles. The molecule has 10 nitrogen and oxygen atoms in total. The zero-order chi connectivity index (χ0) is 27.2. The summed E-state index contributed by atoms with van der Waals surface area (Å²) in [5.41, 5.74) is 18.8. The second-order valence-electron chi connectivity index (χ2n) is 9.04. The summed E-state index contributed by atoms with van der Waals surface area (Å²) in [5, 5.41) is 5.59. The fourth-order valence-corrected chi connectivity index (χ4v) is 3.73. The maximum absolute atomic E-state index is 13.2. The normalized spacial score (nSPS) is 12.5. The van der Waals surface area contributed by atoms with Crippen molar-refractivity contribution in [2.24, 2.45) is 17.2 Å². The quantitative estimate of drug-likeness (QED) is 0.237. The Morgan fingerprint density at radius 2 is 1.62 bits per heavy atom. The number of nitrogens with two attached hydrogens (primary N) is 3. The van der Waals surface area contributed by atoms with Crippen LogP contribution in [0.2, 0.25) is 0 Å². The lowest BCUT2D eigenvalue weighted by Crippen LogP contribution is -2.52. The third-order valence-corrected chi connectivity index (χ3v) is 5.55. The van der Waals surface area contributed by atoms with Crippen LogP contribution in [0.15, 0.2) is 54.6 Å². The summed E-state index contributed by atoms with van der Waals surface area (Å²) in [7, 11) is 0. The maximum atomic E-state index is 13.2. The second-order valence-corrected chi connectivity index (χ2v) is 9.04. The van der Waals surface area contributed by atoms with Crippen molar-refractivity contribution in [2.75, 3.05) is 31.5 Å². The zero-order valence-electron chi connectivity index (χ0n) is 21.7. The van der Waals surface area contributed by atoms with E-state index in [9.17, 15) is 14.4 Å². The Morgan fingerprint density at radius 3 is 2.24 bits per heavy atom. The monoisotopic (exact) mass is 512 g/mol. The van der Waals surface area contributed by atoms with Gasteiger partial charge in [-0.3, -0.25) is 14.4 Å². The SMILES string of the molecule is CC(C)Oc1cccc(NC(=O)[C@H](CCc2ccccc2)NC(=O)[C@@H](N)CC(=O)N(CCN)CCN)c1. The molecule has 0 aromatic heterocycles. The fourth-order valence-electron chi connectivity index (χ4n) is 3.73. The molecule has 0 fully saturated rings. The molecule has 0 aliphatic rings. The number of nitrogens with zero attached hydrogens (tertiary/aromatic N) is 1. The number of rotatable bonds is 15. The Labute approximate surface area is 218 Å². The molecule has 2 rings (SSSR count). The van der Waals surface area contributed by atoms with Gasteiger partial charge in [0.25, 0.3) is 0 Å². The van der Waals surface area contributed by atoms with Crippen molar-refractivity contribution in [3.63, 3.8) is 0 Å². The van der Waals surface area contributed by atoms with Crippen LogP contribution < -0.4 is 32.6 Å². The van der Waals surface area contributed by atoms with Gasteiger partial charge < -0.3 is 37.5 Å². The average Bonchev–Trinajstić information content (AvgIpc) is 2.86. The first-order valence-electron chi connectivity index (χ1n) is 12.6. The molecule has 2 aromatic rings. The van der Waals surface area contributed by atoms with Gasteiger partial charge in [0, 0.05) is 37.9 Å². The summed E-state index contributed by atoms with van der Waals surface area (Å²) in [5.74, 6) is -0.667. The number of carbonyl (C=O) groups excluding carboxylic acids is 3. The van der Waals surface area contributed by atoms with Gasteiger partial charge in [0.05, 0.1) is 18.6 Å². The van der Waals surface area contributed by atoms with E-state index in [0.29, 0.717) is 37.4 Å². The Kier molecular flexibility index (Phi) is 12.5. The molecule has 0 bridgehead atoms. The number of hydrogen-bond donors (Lipinski definition) is 5. The van der Waals surface area contributed by atoms with E-state index >= 15 is 0 Å². The van der Waals surface area contributed by atoms with Crippen molar-refractivity contribution in [2.45, 2.75) is 51.3 Å². The molecule has 0 unspecified atom stereocenters. The predicted octanol–water partition coefficient (Wildman–Crippen LogP) is 0.993. The molecule has 0 radical (unpaired) electrons. The minimum Gasteiger partial charge on any atom is -0.491 e. The highest BCUT2D eigenvalue weighted by Crippen LogP contribution is 2.19. The van der Waals surface area contributed by atoms with Crippen molar-refractivity contribution in [1.29, 1.82) is 0 Å². The third-order valence-electron chi connectivity index (χ3n) is 5.55. The maximum Gasteiger partial charge on any atom is 0.246 e. The molecule has 202 valence electrons. The van der Waals surface area contributed by atoms with Gasteiger partial charge in [-0.25, -0.2) is 0 Å². The minimum atomic E-state index is -1.12. The van der Waals surface area contributed by atoms with E-state index in [-0.39, 0.29) is 31.5 Å². The summed E-state index contributed by atoms with van der Waals surface area (Å²) >= 11 is 0. The molecular formula is C27H40N6O4. The van der Waals surface area contributed by atoms with Gasteiger partial charge in [0.1, 0.15) is 11.8 Å². The molecule has 10 heteroatoms. The first kappa shape index (κ1) is 29.8. The van der Waals surface area contributed by atoms with Crippen LogP contribution in [0.3, 0.4) is 0 Å². The Bertz CT molecular complexity index is 995. The molecule has 0 saturated carbocycles. The van der Waals surface area contributed by atoms with Crippen LogP contribution in [-0.4, -0.2) is 67.0 Å². The third kappa shape index (κ3) is 10.6. The van der Waals surface area contributed by atoms with E-state index in [1.54, 1.807) is 24.3 Å². The van der Waals surface area contributed by atoms with Crippen LogP contribution in [-0.2, 0) is 20.8 Å². The van der Waals surface area contributed by atoms with Gasteiger partial charge in [-0.15, -0.1) is 0 Å². The summed E-state index contributed by atoms with van der Waals surface area (Å²) in [6.45, 7) is 5.04. The van der Waals surface area contributed by atoms with E-state index < -0.39 is 23.9 Å². The van der Waals surface area contributed by atoms with E-state index in [0.717, 1.165) is 5.56 Å². The van der Waals surface area contributed by atoms with Gasteiger partial charge in [-0.2, -0.15) is 0 Å². The Hall–Kier alpha value is -3.47. The average molecular weight is 513 g/mol. The van der Waals surface area contributed by atoms with E-state index in [1.165, 1.54) is 4.90 Å². The topological polar surface area (TPSA) is 166 Å². The van der Waals surface area contributed by atoms with Gasteiger partial charge in [0.2, 0.25) is 17.7 Å². The molecule has 0 aliphatic carbocycles. The van der Waals surface area contributed by atoms with Crippen LogP contribution >= 0.6 is 0 Å². The zero-order valence-corrected chi connectivity index (χ0v) is 21.7. The summed E-state index contributed by atoms with van der Waals surface area (Å²) in [6, 6.07) is 14.7. The number of benzene rings is 2. The van der Waals surface area contributed by atoms with Crippen LogP contribution in [0.5, 0.6) is 5.75 Å². The lowest BCUT2D eigenvalue weighted by atomic mass is 10.0. The van der Waals surface area contributed by atoms with Gasteiger partial charge in [0.15, 0.2) is 0 Å². The highest BCUT2D eigenvalue weighted by atomic mass is 16.5. The number of carbonyl (C=O) groups is 3. The minimum absolute atomic E-state index is 0.0151. The molecule has 8 N–H and O–H groups in total. The first-order chi connectivity index (χ1) is 17.7. The number of aryl methyl sites for hydroxylation is 1. The smallest absolute Gasteiger partial charge is 0.246 e. The van der Waals surface area contributed by atoms with Crippen molar-refractivity contribution in [3.8, 4) is 5.75 Å². The van der Waals surface area contributed by atoms with Crippen LogP contribution in [0.4, 0.5) is 5.69 Å². The molecule has 37 heavy (non-hydrogen) atoms. The van der Waals surface area contributed by atoms with Crippen LogP contribution in [0.1, 0.15) is 32.3 Å². The lowest BCUT2D eigenvalue weighted by molar-refractivity contribution is -0.134. The lowest BCUT2D eigenvalue weighted by Gasteiger charge is -2.24. The van der Waals surface area contributed by atoms with E-state index in [2.05, 4.69) is 10.6 Å². The van der Waals surface area contributed by atoms with Gasteiger partial charge in [-0.1, -0.05) is 36.4 Å². The fraction of sp³-hybridized carbons (Fsp3) is 0.444. The second kappa shape index (κ2) is 15.6. The highest BCUT2D eigenvalue weighted by Gasteiger charge is 2.26. The highest BCUT2D eigenvalue weighted by molar-refractivity contribution is 5.98. The summed E-state index contributed by atoms with van der Waals surface area (Å²) < 4.78 is 5.70. The van der Waals surface area contributed by atoms with Crippen LogP contribution in [0.25, 0.3) is 0 Å². The summed E-state index contributed by atoms with van der Waals surface area (Å²) in [6.07, 6.45) is 0.674. The largest absolute Gasteiger partial charge is 0.491 e. The van der Waals surface area contributed by atoms with E-state index in [4.69, 9.17) is 21.9 Å². The van der Waals surface area contributed by atoms with Crippen molar-refractivity contribution in [3.05, 3.63) is 60.2 Å². The standard InChI is InChI=1S/C27H40N6O4/c1-19(2)37-22-10-6-9-21(17-22)31-27(36)24(12-11-20-7-4-3-5-8-20)32-26(35)23(30)18-25(34)33(15-13-28)16-14-29/h3-10,17,19,23-24H,11-16,18,28-30H2,1-2H3,(H,31,36)(H,32,35)/t23-,24-/m0/s1. The molecule has 0 spiro atoms. The van der Waals surface area contributed by atoms with Crippen molar-refractivity contribution < 1.29 is 19.1 Å². The van der Waals surface area contributed by atoms with Crippen molar-refractivity contribution >= 4 is 23.4 Å². The summed E-state index contributed by atoms with van der Waals surface area (Å²) in [4.78, 5) is 40.2. The number of hydrogen-bond acceptors (Lipinski definition) is 7. The molecular weight excluding hydrogens is 472 g/mol. The molecule has 2 aromatic carbocycles. The van der Waals surface area contributed by atoms with Gasteiger partial charge in [-0.05, 0) is 44.4 Å². The van der Waals surface area contributed by atoms with Crippen LogP contribution in [0, 0.1) is 0 Å². The number of nitrogens with one attached hydrogen (secondary N) is 2. The van der Waals surface area contributed by atoms with Crippen molar-refractivity contribution in [1.82, 2.24) is 10.2 Å². The van der Waals surface area contributed by atoms with E-state index in [1.807, 2.05) is 44.2 Å². The van der Waals surface area contributed by atoms with Gasteiger partial charge >= 0.3 is 0 Å². The number of amides is 3. The number of ether oxygens (including phenoxy) is 1. The Morgan fingerprint density at radius 1 is 0.946 bits per heavy atom. The number of anilines is 1. The predicted molar refractivity (Wildman–Crippen MR) is 145 cm³/mol. The first-order valence-corrected chi connectivity index (χ1v) is 12.6. The molecule has 2 atom stereocenters. The molecule has 3 amide bonds. The Balaban J connectivity index is 2.10.